The maximum absolute atomic E-state index is 12.2. The second-order valence-electron chi connectivity index (χ2n) is 11.2. The third-order valence-electron chi connectivity index (χ3n) is 8.53. The van der Waals surface area contributed by atoms with Crippen LogP contribution in [0.5, 0.6) is 0 Å². The molecule has 0 aromatic heterocycles. The van der Waals surface area contributed by atoms with Crippen molar-refractivity contribution >= 4 is 17.4 Å². The fourth-order valence-electron chi connectivity index (χ4n) is 6.62. The van der Waals surface area contributed by atoms with Gasteiger partial charge >= 0.3 is 0 Å². The number of nitrogens with zero attached hydrogens (tertiary/aromatic N) is 2. The Balaban J connectivity index is 1.77. The number of unbranched alkanes of at least 4 members (excludes halogenated alkanes) is 1. The molecule has 37 heavy (non-hydrogen) atoms. The lowest BCUT2D eigenvalue weighted by molar-refractivity contribution is -0.0526. The van der Waals surface area contributed by atoms with E-state index < -0.39 is 5.60 Å². The molecule has 0 radical (unpaired) electrons. The Morgan fingerprint density at radius 1 is 1.22 bits per heavy atom. The zero-order chi connectivity index (χ0) is 26.5. The van der Waals surface area contributed by atoms with Crippen LogP contribution in [0.4, 0.5) is 0 Å². The van der Waals surface area contributed by atoms with E-state index in [9.17, 15) is 10.4 Å². The van der Waals surface area contributed by atoms with Gasteiger partial charge in [0, 0.05) is 37.2 Å². The summed E-state index contributed by atoms with van der Waals surface area (Å²) in [6.45, 7) is 1.54. The highest BCUT2D eigenvalue weighted by atomic mass is 35.5. The van der Waals surface area contributed by atoms with Crippen molar-refractivity contribution in [3.8, 4) is 6.19 Å². The normalized spacial score (nSPS) is 23.7. The predicted octanol–water partition coefficient (Wildman–Crippen LogP) is 6.18. The summed E-state index contributed by atoms with van der Waals surface area (Å²) in [5.41, 5.74) is -0.0817. The number of aliphatic imine (C=N–C) groups is 1. The maximum Gasteiger partial charge on any atom is 0.207 e. The number of rotatable bonds is 13. The van der Waals surface area contributed by atoms with Crippen LogP contribution in [0, 0.1) is 29.2 Å². The number of halogens is 1. The largest absolute Gasteiger partial charge is 0.385 e. The SMILES string of the molecule is CNC[C@H](CC1CCCCC1)N/C(=N/C#N)C1CCC[C@@H]([C@@](O)(CCCCOC)c2cccc(Cl)c2)C1. The minimum absolute atomic E-state index is 0.0686. The number of hydrogen-bond acceptors (Lipinski definition) is 5. The monoisotopic (exact) mass is 530 g/mol. The van der Waals surface area contributed by atoms with Crippen LogP contribution in [0.3, 0.4) is 0 Å². The van der Waals surface area contributed by atoms with Crippen molar-refractivity contribution in [2.45, 2.75) is 95.1 Å². The van der Waals surface area contributed by atoms with E-state index in [1.165, 1.54) is 32.1 Å². The molecule has 0 spiro atoms. The van der Waals surface area contributed by atoms with Crippen LogP contribution in [0.15, 0.2) is 29.3 Å². The van der Waals surface area contributed by atoms with E-state index in [1.807, 2.05) is 31.3 Å². The summed E-state index contributed by atoms with van der Waals surface area (Å²) in [6, 6.07) is 7.95. The Morgan fingerprint density at radius 3 is 2.73 bits per heavy atom. The summed E-state index contributed by atoms with van der Waals surface area (Å²) >= 11 is 6.36. The quantitative estimate of drug-likeness (QED) is 0.123. The molecule has 6 nitrogen and oxygen atoms in total. The van der Waals surface area contributed by atoms with E-state index in [2.05, 4.69) is 21.8 Å². The van der Waals surface area contributed by atoms with Crippen molar-refractivity contribution < 1.29 is 9.84 Å². The van der Waals surface area contributed by atoms with Gasteiger partial charge in [-0.3, -0.25) is 0 Å². The van der Waals surface area contributed by atoms with Gasteiger partial charge in [-0.05, 0) is 81.5 Å². The zero-order valence-electron chi connectivity index (χ0n) is 22.9. The first kappa shape index (κ1) is 29.9. The third-order valence-corrected chi connectivity index (χ3v) is 8.77. The van der Waals surface area contributed by atoms with E-state index in [4.69, 9.17) is 16.3 Å². The van der Waals surface area contributed by atoms with E-state index >= 15 is 0 Å². The molecule has 7 heteroatoms. The minimum Gasteiger partial charge on any atom is -0.385 e. The molecule has 3 rings (SSSR count). The number of nitrogens with one attached hydrogen (secondary N) is 2. The third kappa shape index (κ3) is 8.96. The van der Waals surface area contributed by atoms with Gasteiger partial charge in [0.25, 0.3) is 0 Å². The number of ether oxygens (including phenoxy) is 1. The molecule has 1 unspecified atom stereocenters. The molecule has 4 atom stereocenters. The Kier molecular flexibility index (Phi) is 12.7. The topological polar surface area (TPSA) is 89.7 Å². The second kappa shape index (κ2) is 15.7. The minimum atomic E-state index is -0.971. The van der Waals surface area contributed by atoms with Crippen LogP contribution in [0.2, 0.25) is 5.02 Å². The van der Waals surface area contributed by atoms with Gasteiger partial charge in [-0.15, -0.1) is 0 Å². The highest BCUT2D eigenvalue weighted by Gasteiger charge is 2.42. The van der Waals surface area contributed by atoms with Crippen LogP contribution in [-0.4, -0.2) is 44.3 Å². The van der Waals surface area contributed by atoms with Crippen LogP contribution in [0.25, 0.3) is 0 Å². The number of likely N-dealkylation sites (N-methyl/N-ethyl adjacent to an activating group) is 1. The molecule has 2 fully saturated rings. The van der Waals surface area contributed by atoms with Gasteiger partial charge in [-0.2, -0.15) is 10.3 Å². The van der Waals surface area contributed by atoms with Crippen LogP contribution in [-0.2, 0) is 10.3 Å². The molecule has 0 heterocycles. The van der Waals surface area contributed by atoms with Crippen LogP contribution < -0.4 is 10.6 Å². The second-order valence-corrected chi connectivity index (χ2v) is 11.6. The summed E-state index contributed by atoms with van der Waals surface area (Å²) in [5, 5.41) is 29.5. The molecule has 206 valence electrons. The van der Waals surface area contributed by atoms with Gasteiger partial charge in [0.1, 0.15) is 5.84 Å². The summed E-state index contributed by atoms with van der Waals surface area (Å²) in [6.07, 6.45) is 16.0. The van der Waals surface area contributed by atoms with Crippen molar-refractivity contribution in [1.29, 1.82) is 5.26 Å². The van der Waals surface area contributed by atoms with Crippen molar-refractivity contribution in [1.82, 2.24) is 10.6 Å². The Bertz CT molecular complexity index is 883. The lowest BCUT2D eigenvalue weighted by Crippen LogP contribution is -2.47. The number of amidine groups is 1. The molecule has 0 bridgehead atoms. The van der Waals surface area contributed by atoms with Gasteiger partial charge in [-0.1, -0.05) is 62.3 Å². The molecule has 0 amide bonds. The first-order chi connectivity index (χ1) is 18.0. The van der Waals surface area contributed by atoms with E-state index in [-0.39, 0.29) is 17.9 Å². The fourth-order valence-corrected chi connectivity index (χ4v) is 6.81. The summed E-state index contributed by atoms with van der Waals surface area (Å²) < 4.78 is 5.25. The predicted molar refractivity (Wildman–Crippen MR) is 152 cm³/mol. The first-order valence-corrected chi connectivity index (χ1v) is 14.7. The Labute approximate surface area is 229 Å². The average Bonchev–Trinajstić information content (AvgIpc) is 2.91. The lowest BCUT2D eigenvalue weighted by Gasteiger charge is -2.42. The molecule has 2 saturated carbocycles. The molecule has 1 aromatic carbocycles. The van der Waals surface area contributed by atoms with Crippen molar-refractivity contribution in [3.63, 3.8) is 0 Å². The molecule has 0 saturated heterocycles. The molecule has 1 aromatic rings. The zero-order valence-corrected chi connectivity index (χ0v) is 23.6. The number of nitriles is 1. The summed E-state index contributed by atoms with van der Waals surface area (Å²) in [7, 11) is 3.70. The number of methoxy groups -OCH3 is 1. The first-order valence-electron chi connectivity index (χ1n) is 14.3. The van der Waals surface area contributed by atoms with Gasteiger partial charge in [0.2, 0.25) is 6.19 Å². The standard InChI is InChI=1S/C30H47ClN4O2/c1-33-21-28(18-23-10-4-3-5-11-23)35-29(34-22-32)24-12-8-13-25(19-24)30(36,16-6-7-17-37-2)26-14-9-15-27(31)20-26/h9,14-15,20,23-25,28,33,36H,3-8,10-13,16-19,21H2,1-2H3,(H,34,35)/t24?,25-,28+,30+/m1/s1. The molecule has 0 aliphatic heterocycles. The van der Waals surface area contributed by atoms with Crippen molar-refractivity contribution in [3.05, 3.63) is 34.9 Å². The fraction of sp³-hybridized carbons (Fsp3) is 0.733. The van der Waals surface area contributed by atoms with Gasteiger partial charge < -0.3 is 20.5 Å². The number of benzene rings is 1. The van der Waals surface area contributed by atoms with Gasteiger partial charge in [-0.25, -0.2) is 0 Å². The van der Waals surface area contributed by atoms with Crippen LogP contribution in [0.1, 0.15) is 89.0 Å². The lowest BCUT2D eigenvalue weighted by atomic mass is 9.68. The van der Waals surface area contributed by atoms with Crippen LogP contribution >= 0.6 is 11.6 Å². The van der Waals surface area contributed by atoms with E-state index in [0.29, 0.717) is 18.1 Å². The van der Waals surface area contributed by atoms with Gasteiger partial charge in [0.05, 0.1) is 5.60 Å². The highest BCUT2D eigenvalue weighted by Crippen LogP contribution is 2.45. The van der Waals surface area contributed by atoms with Gasteiger partial charge in [0.15, 0.2) is 0 Å². The number of hydrogen-bond donors (Lipinski definition) is 3. The maximum atomic E-state index is 12.2. The summed E-state index contributed by atoms with van der Waals surface area (Å²) in [5.74, 6) is 1.74. The van der Waals surface area contributed by atoms with E-state index in [0.717, 1.165) is 68.8 Å². The summed E-state index contributed by atoms with van der Waals surface area (Å²) in [4.78, 5) is 4.32. The smallest absolute Gasteiger partial charge is 0.207 e. The highest BCUT2D eigenvalue weighted by molar-refractivity contribution is 6.30. The van der Waals surface area contributed by atoms with E-state index in [1.54, 1.807) is 7.11 Å². The number of aliphatic hydroxyl groups is 1. The molecule has 2 aliphatic rings. The van der Waals surface area contributed by atoms with Crippen molar-refractivity contribution in [2.24, 2.45) is 22.7 Å². The molecule has 2 aliphatic carbocycles. The van der Waals surface area contributed by atoms with Crippen molar-refractivity contribution in [2.75, 3.05) is 27.3 Å². The Morgan fingerprint density at radius 2 is 2.03 bits per heavy atom. The molecular weight excluding hydrogens is 484 g/mol. The molecule has 3 N–H and O–H groups in total. The molecular formula is C30H47ClN4O2. The Hall–Kier alpha value is -1.65. The average molecular weight is 531 g/mol.